The monoisotopic (exact) mass is 266 g/mol. The van der Waals surface area contributed by atoms with Crippen molar-refractivity contribution >= 4 is 5.91 Å². The Labute approximate surface area is 106 Å². The molecule has 2 unspecified atom stereocenters. The smallest absolute Gasteiger partial charge is 0.330 e. The molecule has 0 spiro atoms. The molecule has 0 radical (unpaired) electrons. The fraction of sp³-hybridized carbons (Fsp3) is 0.917. The van der Waals surface area contributed by atoms with Gasteiger partial charge in [-0.1, -0.05) is 6.92 Å². The van der Waals surface area contributed by atoms with Crippen LogP contribution < -0.4 is 5.73 Å². The Morgan fingerprint density at radius 2 is 2.06 bits per heavy atom. The molecule has 2 atom stereocenters. The molecule has 3 nitrogen and oxygen atoms in total. The molecule has 0 aromatic heterocycles. The first-order valence-electron chi connectivity index (χ1n) is 6.49. The van der Waals surface area contributed by atoms with Crippen molar-refractivity contribution < 1.29 is 18.0 Å². The molecule has 1 saturated heterocycles. The maximum atomic E-state index is 13.0. The van der Waals surface area contributed by atoms with Gasteiger partial charge < -0.3 is 10.6 Å². The highest BCUT2D eigenvalue weighted by molar-refractivity contribution is 5.77. The topological polar surface area (TPSA) is 46.3 Å². The minimum atomic E-state index is -4.34. The quantitative estimate of drug-likeness (QED) is 0.849. The van der Waals surface area contributed by atoms with E-state index in [0.717, 1.165) is 4.90 Å². The van der Waals surface area contributed by atoms with E-state index in [1.54, 1.807) is 6.92 Å². The second kappa shape index (κ2) is 6.41. The number of hydrogen-bond acceptors (Lipinski definition) is 2. The molecule has 1 aliphatic rings. The summed E-state index contributed by atoms with van der Waals surface area (Å²) < 4.78 is 38.9. The van der Waals surface area contributed by atoms with Crippen molar-refractivity contribution in [2.75, 3.05) is 6.54 Å². The van der Waals surface area contributed by atoms with E-state index >= 15 is 0 Å². The van der Waals surface area contributed by atoms with Crippen molar-refractivity contribution in [1.29, 1.82) is 0 Å². The Kier molecular flexibility index (Phi) is 5.44. The van der Waals surface area contributed by atoms with Gasteiger partial charge in [0.25, 0.3) is 0 Å². The first-order valence-corrected chi connectivity index (χ1v) is 6.49. The number of alkyl halides is 3. The van der Waals surface area contributed by atoms with E-state index in [-0.39, 0.29) is 18.9 Å². The first kappa shape index (κ1) is 15.3. The summed E-state index contributed by atoms with van der Waals surface area (Å²) in [5.74, 6) is -0.391. The molecule has 1 heterocycles. The van der Waals surface area contributed by atoms with Crippen LogP contribution in [0.2, 0.25) is 0 Å². The number of amides is 1. The highest BCUT2D eigenvalue weighted by atomic mass is 19.4. The SMILES string of the molecule is CCCC(=O)N1C(CCN)CCCC1C(F)(F)F. The first-order chi connectivity index (χ1) is 8.41. The number of rotatable bonds is 4. The van der Waals surface area contributed by atoms with Gasteiger partial charge in [0.15, 0.2) is 0 Å². The summed E-state index contributed by atoms with van der Waals surface area (Å²) in [6.07, 6.45) is -2.01. The summed E-state index contributed by atoms with van der Waals surface area (Å²) in [4.78, 5) is 13.0. The standard InChI is InChI=1S/C12H21F3N2O/c1-2-4-11(18)17-9(7-8-16)5-3-6-10(17)12(13,14)15/h9-10H,2-8,16H2,1H3. The molecule has 0 aromatic rings. The number of piperidine rings is 1. The number of nitrogens with two attached hydrogens (primary N) is 1. The van der Waals surface area contributed by atoms with Crippen molar-refractivity contribution in [1.82, 2.24) is 4.90 Å². The zero-order chi connectivity index (χ0) is 13.8. The van der Waals surface area contributed by atoms with Crippen molar-refractivity contribution in [2.45, 2.75) is 63.7 Å². The van der Waals surface area contributed by atoms with Crippen LogP contribution in [-0.2, 0) is 4.79 Å². The summed E-state index contributed by atoms with van der Waals surface area (Å²) in [6, 6.07) is -1.98. The van der Waals surface area contributed by atoms with Crippen LogP contribution >= 0.6 is 0 Å². The summed E-state index contributed by atoms with van der Waals surface area (Å²) in [6.45, 7) is 2.10. The number of carbonyl (C=O) groups is 1. The van der Waals surface area contributed by atoms with Gasteiger partial charge in [-0.15, -0.1) is 0 Å². The second-order valence-electron chi connectivity index (χ2n) is 4.77. The normalized spacial score (nSPS) is 25.3. The van der Waals surface area contributed by atoms with E-state index < -0.39 is 18.1 Å². The van der Waals surface area contributed by atoms with E-state index in [1.165, 1.54) is 0 Å². The maximum Gasteiger partial charge on any atom is 0.408 e. The maximum absolute atomic E-state index is 13.0. The predicted molar refractivity (Wildman–Crippen MR) is 62.9 cm³/mol. The van der Waals surface area contributed by atoms with E-state index in [2.05, 4.69) is 0 Å². The highest BCUT2D eigenvalue weighted by Gasteiger charge is 2.48. The molecule has 6 heteroatoms. The average Bonchev–Trinajstić information content (AvgIpc) is 2.28. The summed E-state index contributed by atoms with van der Waals surface area (Å²) in [7, 11) is 0. The summed E-state index contributed by atoms with van der Waals surface area (Å²) in [5, 5.41) is 0. The van der Waals surface area contributed by atoms with Crippen LogP contribution in [0.5, 0.6) is 0 Å². The van der Waals surface area contributed by atoms with E-state index in [9.17, 15) is 18.0 Å². The van der Waals surface area contributed by atoms with Crippen LogP contribution in [0.4, 0.5) is 13.2 Å². The molecule has 18 heavy (non-hydrogen) atoms. The van der Waals surface area contributed by atoms with Gasteiger partial charge in [-0.2, -0.15) is 13.2 Å². The predicted octanol–water partition coefficient (Wildman–Crippen LogP) is 2.45. The molecule has 1 aliphatic heterocycles. The highest BCUT2D eigenvalue weighted by Crippen LogP contribution is 2.35. The fourth-order valence-corrected chi connectivity index (χ4v) is 2.60. The fourth-order valence-electron chi connectivity index (χ4n) is 2.60. The molecule has 1 fully saturated rings. The Morgan fingerprint density at radius 3 is 2.56 bits per heavy atom. The van der Waals surface area contributed by atoms with Crippen molar-refractivity contribution in [3.05, 3.63) is 0 Å². The van der Waals surface area contributed by atoms with Gasteiger partial charge >= 0.3 is 6.18 Å². The Balaban J connectivity index is 2.90. The molecule has 0 saturated carbocycles. The lowest BCUT2D eigenvalue weighted by Gasteiger charge is -2.43. The van der Waals surface area contributed by atoms with Crippen LogP contribution in [0.1, 0.15) is 45.4 Å². The number of nitrogens with zero attached hydrogens (tertiary/aromatic N) is 1. The van der Waals surface area contributed by atoms with Crippen molar-refractivity contribution in [2.24, 2.45) is 5.73 Å². The lowest BCUT2D eigenvalue weighted by Crippen LogP contribution is -2.56. The number of halogens is 3. The summed E-state index contributed by atoms with van der Waals surface area (Å²) in [5.41, 5.74) is 5.43. The molecule has 1 amide bonds. The molecule has 0 bridgehead atoms. The third kappa shape index (κ3) is 3.60. The van der Waals surface area contributed by atoms with Crippen molar-refractivity contribution in [3.8, 4) is 0 Å². The summed E-state index contributed by atoms with van der Waals surface area (Å²) >= 11 is 0. The van der Waals surface area contributed by atoms with Gasteiger partial charge in [0.05, 0.1) is 0 Å². The van der Waals surface area contributed by atoms with Gasteiger partial charge in [-0.3, -0.25) is 4.79 Å². The van der Waals surface area contributed by atoms with Gasteiger partial charge in [0, 0.05) is 12.5 Å². The Bertz CT molecular complexity index is 279. The third-order valence-corrected chi connectivity index (χ3v) is 3.37. The second-order valence-corrected chi connectivity index (χ2v) is 4.77. The van der Waals surface area contributed by atoms with Gasteiger partial charge in [-0.25, -0.2) is 0 Å². The van der Waals surface area contributed by atoms with Gasteiger partial charge in [0.1, 0.15) is 6.04 Å². The van der Waals surface area contributed by atoms with Gasteiger partial charge in [-0.05, 0) is 38.6 Å². The lowest BCUT2D eigenvalue weighted by molar-refractivity contribution is -0.203. The zero-order valence-electron chi connectivity index (χ0n) is 10.7. The molecular formula is C12H21F3N2O. The minimum absolute atomic E-state index is 0.0139. The molecule has 0 aromatic carbocycles. The average molecular weight is 266 g/mol. The van der Waals surface area contributed by atoms with Crippen LogP contribution in [0, 0.1) is 0 Å². The third-order valence-electron chi connectivity index (χ3n) is 3.37. The molecule has 106 valence electrons. The van der Waals surface area contributed by atoms with Crippen LogP contribution in [0.3, 0.4) is 0 Å². The van der Waals surface area contributed by atoms with Crippen molar-refractivity contribution in [3.63, 3.8) is 0 Å². The van der Waals surface area contributed by atoms with Gasteiger partial charge in [0.2, 0.25) is 5.91 Å². The molecule has 1 rings (SSSR count). The number of likely N-dealkylation sites (tertiary alicyclic amines) is 1. The Hall–Kier alpha value is -0.780. The van der Waals surface area contributed by atoms with E-state index in [1.807, 2.05) is 0 Å². The van der Waals surface area contributed by atoms with E-state index in [4.69, 9.17) is 5.73 Å². The number of hydrogen-bond donors (Lipinski definition) is 1. The zero-order valence-corrected chi connectivity index (χ0v) is 10.7. The Morgan fingerprint density at radius 1 is 1.39 bits per heavy atom. The minimum Gasteiger partial charge on any atom is -0.330 e. The molecule has 0 aliphatic carbocycles. The van der Waals surface area contributed by atoms with E-state index in [0.29, 0.717) is 32.2 Å². The lowest BCUT2D eigenvalue weighted by atomic mass is 9.92. The largest absolute Gasteiger partial charge is 0.408 e. The molecule has 2 N–H and O–H groups in total. The molecular weight excluding hydrogens is 245 g/mol. The van der Waals surface area contributed by atoms with Crippen LogP contribution in [-0.4, -0.2) is 35.6 Å². The van der Waals surface area contributed by atoms with Crippen LogP contribution in [0.15, 0.2) is 0 Å². The van der Waals surface area contributed by atoms with Crippen LogP contribution in [0.25, 0.3) is 0 Å². The number of carbonyl (C=O) groups excluding carboxylic acids is 1.